The summed E-state index contributed by atoms with van der Waals surface area (Å²) in [5.74, 6) is 1.74. The fourth-order valence-corrected chi connectivity index (χ4v) is 6.27. The summed E-state index contributed by atoms with van der Waals surface area (Å²) in [6.45, 7) is 6.76. The number of hydrogen-bond donors (Lipinski definition) is 0. The zero-order chi connectivity index (χ0) is 22.5. The highest BCUT2D eigenvalue weighted by molar-refractivity contribution is 6.30. The first-order valence-corrected chi connectivity index (χ1v) is 13.6. The fourth-order valence-electron chi connectivity index (χ4n) is 6.15. The van der Waals surface area contributed by atoms with Gasteiger partial charge in [-0.2, -0.15) is 0 Å². The average molecular weight is 467 g/mol. The monoisotopic (exact) mass is 466 g/mol. The van der Waals surface area contributed by atoms with Crippen LogP contribution in [0.3, 0.4) is 0 Å². The van der Waals surface area contributed by atoms with E-state index in [1.54, 1.807) is 0 Å². The molecule has 0 bridgehead atoms. The maximum Gasteiger partial charge on any atom is 0.119 e. The third-order valence-corrected chi connectivity index (χ3v) is 8.42. The summed E-state index contributed by atoms with van der Waals surface area (Å²) in [5, 5.41) is 0.830. The summed E-state index contributed by atoms with van der Waals surface area (Å²) in [5.41, 5.74) is 4.49. The molecule has 0 spiro atoms. The molecule has 178 valence electrons. The largest absolute Gasteiger partial charge is 0.494 e. The van der Waals surface area contributed by atoms with Crippen molar-refractivity contribution in [3.63, 3.8) is 0 Å². The number of ether oxygens (including phenoxy) is 1. The normalized spacial score (nSPS) is 21.1. The van der Waals surface area contributed by atoms with Crippen LogP contribution >= 0.6 is 11.6 Å². The molecule has 2 aliphatic heterocycles. The van der Waals surface area contributed by atoms with Crippen molar-refractivity contribution in [2.24, 2.45) is 0 Å². The van der Waals surface area contributed by atoms with Crippen LogP contribution in [0.15, 0.2) is 42.5 Å². The Hall–Kier alpha value is -1.55. The Labute approximate surface area is 205 Å². The van der Waals surface area contributed by atoms with Crippen LogP contribution in [0.1, 0.15) is 67.6 Å². The van der Waals surface area contributed by atoms with Crippen LogP contribution in [0.25, 0.3) is 0 Å². The first-order chi connectivity index (χ1) is 16.2. The minimum Gasteiger partial charge on any atom is -0.494 e. The highest BCUT2D eigenvalue weighted by Gasteiger charge is 2.24. The van der Waals surface area contributed by atoms with Gasteiger partial charge in [0.15, 0.2) is 0 Å². The number of piperidine rings is 1. The van der Waals surface area contributed by atoms with Gasteiger partial charge in [0.25, 0.3) is 0 Å². The third-order valence-electron chi connectivity index (χ3n) is 8.17. The Bertz CT molecular complexity index is 885. The molecule has 4 heteroatoms. The summed E-state index contributed by atoms with van der Waals surface area (Å²) >= 11 is 6.04. The zero-order valence-electron chi connectivity index (χ0n) is 20.0. The SMILES string of the molecule is Clc1ccc(C2CCN(CCCOc3ccc4c(c3)CCN(C3CCCC3)CC4)CC2)cc1. The Morgan fingerprint density at radius 1 is 0.818 bits per heavy atom. The van der Waals surface area contributed by atoms with Crippen LogP contribution in [-0.4, -0.2) is 55.2 Å². The first kappa shape index (κ1) is 23.2. The van der Waals surface area contributed by atoms with E-state index in [-0.39, 0.29) is 0 Å². The van der Waals surface area contributed by atoms with Crippen LogP contribution in [0.4, 0.5) is 0 Å². The number of rotatable bonds is 7. The predicted octanol–water partition coefficient (Wildman–Crippen LogP) is 6.33. The number of likely N-dealkylation sites (tertiary alicyclic amines) is 1. The standard InChI is InChI=1S/C29H39ClN2O/c30-27-9-6-23(7-10-27)25-12-17-31(18-13-25)16-3-21-33-29-11-8-24-14-19-32(20-15-26(24)22-29)28-4-1-2-5-28/h6-11,22,25,28H,1-5,12-21H2. The van der Waals surface area contributed by atoms with Crippen LogP contribution in [0, 0.1) is 0 Å². The van der Waals surface area contributed by atoms with Crippen molar-refractivity contribution in [1.82, 2.24) is 9.80 Å². The maximum atomic E-state index is 6.18. The molecule has 2 aromatic carbocycles. The highest BCUT2D eigenvalue weighted by atomic mass is 35.5. The molecule has 0 unspecified atom stereocenters. The van der Waals surface area contributed by atoms with E-state index in [2.05, 4.69) is 40.1 Å². The van der Waals surface area contributed by atoms with E-state index in [0.29, 0.717) is 5.92 Å². The van der Waals surface area contributed by atoms with Crippen LogP contribution in [0.2, 0.25) is 5.02 Å². The summed E-state index contributed by atoms with van der Waals surface area (Å²) in [6.07, 6.45) is 11.6. The van der Waals surface area contributed by atoms with Gasteiger partial charge in [0.2, 0.25) is 0 Å². The molecule has 2 fully saturated rings. The van der Waals surface area contributed by atoms with Crippen molar-refractivity contribution < 1.29 is 4.74 Å². The topological polar surface area (TPSA) is 15.7 Å². The lowest BCUT2D eigenvalue weighted by Gasteiger charge is -2.32. The lowest BCUT2D eigenvalue weighted by molar-refractivity contribution is 0.193. The van der Waals surface area contributed by atoms with Crippen molar-refractivity contribution in [2.75, 3.05) is 39.3 Å². The molecule has 2 heterocycles. The van der Waals surface area contributed by atoms with Crippen LogP contribution < -0.4 is 4.74 Å². The van der Waals surface area contributed by atoms with Gasteiger partial charge in [-0.15, -0.1) is 0 Å². The zero-order valence-corrected chi connectivity index (χ0v) is 20.7. The molecular formula is C29H39ClN2O. The number of nitrogens with zero attached hydrogens (tertiary/aromatic N) is 2. The van der Waals surface area contributed by atoms with Crippen molar-refractivity contribution >= 4 is 11.6 Å². The van der Waals surface area contributed by atoms with E-state index in [9.17, 15) is 0 Å². The van der Waals surface area contributed by atoms with Gasteiger partial charge in [0.05, 0.1) is 6.61 Å². The fraction of sp³-hybridized carbons (Fsp3) is 0.586. The molecule has 1 saturated carbocycles. The Kier molecular flexibility index (Phi) is 7.91. The van der Waals surface area contributed by atoms with E-state index in [4.69, 9.17) is 16.3 Å². The molecule has 5 rings (SSSR count). The number of halogens is 1. The van der Waals surface area contributed by atoms with Crippen molar-refractivity contribution in [1.29, 1.82) is 0 Å². The Morgan fingerprint density at radius 3 is 2.30 bits per heavy atom. The molecule has 0 aromatic heterocycles. The lowest BCUT2D eigenvalue weighted by atomic mass is 9.89. The summed E-state index contributed by atoms with van der Waals surface area (Å²) < 4.78 is 6.18. The van der Waals surface area contributed by atoms with Gasteiger partial charge >= 0.3 is 0 Å². The third kappa shape index (κ3) is 6.12. The number of fused-ring (bicyclic) bond motifs is 1. The summed E-state index contributed by atoms with van der Waals surface area (Å²) in [7, 11) is 0. The summed E-state index contributed by atoms with van der Waals surface area (Å²) in [6, 6.07) is 16.1. The van der Waals surface area contributed by atoms with Gasteiger partial charge < -0.3 is 9.64 Å². The molecule has 3 nitrogen and oxygen atoms in total. The molecule has 0 amide bonds. The van der Waals surface area contributed by atoms with Gasteiger partial charge in [0.1, 0.15) is 5.75 Å². The van der Waals surface area contributed by atoms with E-state index in [0.717, 1.165) is 36.4 Å². The quantitative estimate of drug-likeness (QED) is 0.443. The highest BCUT2D eigenvalue weighted by Crippen LogP contribution is 2.30. The maximum absolute atomic E-state index is 6.18. The molecule has 1 saturated heterocycles. The Morgan fingerprint density at radius 2 is 1.55 bits per heavy atom. The van der Waals surface area contributed by atoms with Gasteiger partial charge in [-0.05, 0) is 105 Å². The van der Waals surface area contributed by atoms with Crippen molar-refractivity contribution in [3.8, 4) is 5.75 Å². The molecular weight excluding hydrogens is 428 g/mol. The number of benzene rings is 2. The molecule has 0 N–H and O–H groups in total. The van der Waals surface area contributed by atoms with E-state index in [1.165, 1.54) is 94.2 Å². The molecule has 0 atom stereocenters. The van der Waals surface area contributed by atoms with E-state index in [1.807, 2.05) is 12.1 Å². The second kappa shape index (κ2) is 11.3. The van der Waals surface area contributed by atoms with E-state index < -0.39 is 0 Å². The minimum absolute atomic E-state index is 0.680. The van der Waals surface area contributed by atoms with Gasteiger partial charge in [-0.3, -0.25) is 4.90 Å². The molecule has 1 aliphatic carbocycles. The molecule has 0 radical (unpaired) electrons. The average Bonchev–Trinajstić information content (AvgIpc) is 3.30. The van der Waals surface area contributed by atoms with Gasteiger partial charge in [-0.1, -0.05) is 42.6 Å². The lowest BCUT2D eigenvalue weighted by Crippen LogP contribution is -2.35. The predicted molar refractivity (Wildman–Crippen MR) is 138 cm³/mol. The van der Waals surface area contributed by atoms with Gasteiger partial charge in [0, 0.05) is 30.7 Å². The molecule has 33 heavy (non-hydrogen) atoms. The van der Waals surface area contributed by atoms with Crippen molar-refractivity contribution in [2.45, 2.75) is 69.7 Å². The Balaban J connectivity index is 1.03. The smallest absolute Gasteiger partial charge is 0.119 e. The minimum atomic E-state index is 0.680. The molecule has 2 aromatic rings. The number of hydrogen-bond acceptors (Lipinski definition) is 3. The molecule has 3 aliphatic rings. The second-order valence-electron chi connectivity index (χ2n) is 10.3. The first-order valence-electron chi connectivity index (χ1n) is 13.2. The van der Waals surface area contributed by atoms with Gasteiger partial charge in [-0.25, -0.2) is 0 Å². The van der Waals surface area contributed by atoms with Crippen LogP contribution in [-0.2, 0) is 12.8 Å². The van der Waals surface area contributed by atoms with E-state index >= 15 is 0 Å². The van der Waals surface area contributed by atoms with Crippen LogP contribution in [0.5, 0.6) is 5.75 Å². The summed E-state index contributed by atoms with van der Waals surface area (Å²) in [4.78, 5) is 5.36. The second-order valence-corrected chi connectivity index (χ2v) is 10.7. The van der Waals surface area contributed by atoms with Crippen molar-refractivity contribution in [3.05, 3.63) is 64.2 Å².